The number of hydrogen-bond acceptors (Lipinski definition) is 8. The van der Waals surface area contributed by atoms with Crippen molar-refractivity contribution in [3.05, 3.63) is 83.4 Å². The zero-order valence-corrected chi connectivity index (χ0v) is 21.0. The number of aromatic nitrogens is 3. The van der Waals surface area contributed by atoms with Crippen molar-refractivity contribution >= 4 is 39.9 Å². The van der Waals surface area contributed by atoms with E-state index in [0.717, 1.165) is 59.7 Å². The van der Waals surface area contributed by atoms with E-state index in [-0.39, 0.29) is 5.54 Å². The third kappa shape index (κ3) is 5.35. The molecule has 0 radical (unpaired) electrons. The van der Waals surface area contributed by atoms with Crippen LogP contribution in [0.25, 0.3) is 10.9 Å². The third-order valence-electron chi connectivity index (χ3n) is 6.76. The number of nitrogens with one attached hydrogen (secondary N) is 2. The Morgan fingerprint density at radius 1 is 1.03 bits per heavy atom. The Kier molecular flexibility index (Phi) is 6.59. The topological polar surface area (TPSA) is 93.6 Å². The smallest absolute Gasteiger partial charge is 0.188 e. The predicted molar refractivity (Wildman–Crippen MR) is 145 cm³/mol. The molecule has 0 amide bonds. The molecule has 4 aromatic rings. The highest BCUT2D eigenvalue weighted by Gasteiger charge is 2.37. The zero-order valence-electron chi connectivity index (χ0n) is 20.3. The number of rotatable bonds is 7. The van der Waals surface area contributed by atoms with Gasteiger partial charge in [0.1, 0.15) is 36.6 Å². The van der Waals surface area contributed by atoms with Crippen LogP contribution in [0.15, 0.2) is 72.1 Å². The number of aliphatic imine (C=N–C) groups is 1. The SMILES string of the molecule is Clc1cc(Nc2ncnc3ccc(CC4=NC5(CCNCC5)CO4)cc23)ccc1OCc1ccccn1. The molecule has 0 aliphatic carbocycles. The monoisotopic (exact) mass is 514 g/mol. The van der Waals surface area contributed by atoms with Crippen molar-refractivity contribution in [1.82, 2.24) is 20.3 Å². The van der Waals surface area contributed by atoms with Crippen LogP contribution < -0.4 is 15.4 Å². The average Bonchev–Trinajstić information content (AvgIpc) is 3.30. The van der Waals surface area contributed by atoms with Gasteiger partial charge in [0.05, 0.1) is 16.2 Å². The molecule has 37 heavy (non-hydrogen) atoms. The van der Waals surface area contributed by atoms with Crippen molar-refractivity contribution in [1.29, 1.82) is 0 Å². The summed E-state index contributed by atoms with van der Waals surface area (Å²) in [5, 5.41) is 8.21. The van der Waals surface area contributed by atoms with Gasteiger partial charge in [-0.2, -0.15) is 0 Å². The second kappa shape index (κ2) is 10.3. The Morgan fingerprint density at radius 2 is 1.95 bits per heavy atom. The highest BCUT2D eigenvalue weighted by molar-refractivity contribution is 6.32. The van der Waals surface area contributed by atoms with Crippen molar-refractivity contribution < 1.29 is 9.47 Å². The van der Waals surface area contributed by atoms with Gasteiger partial charge in [-0.05, 0) is 74.0 Å². The number of ether oxygens (including phenoxy) is 2. The van der Waals surface area contributed by atoms with Crippen molar-refractivity contribution in [2.75, 3.05) is 25.0 Å². The van der Waals surface area contributed by atoms with Gasteiger partial charge in [-0.1, -0.05) is 23.7 Å². The first kappa shape index (κ1) is 23.6. The van der Waals surface area contributed by atoms with Gasteiger partial charge in [-0.15, -0.1) is 0 Å². The highest BCUT2D eigenvalue weighted by atomic mass is 35.5. The second-order valence-electron chi connectivity index (χ2n) is 9.40. The van der Waals surface area contributed by atoms with Crippen molar-refractivity contribution in [2.24, 2.45) is 4.99 Å². The molecule has 4 heterocycles. The molecule has 2 aromatic carbocycles. The van der Waals surface area contributed by atoms with Crippen molar-refractivity contribution in [3.63, 3.8) is 0 Å². The molecule has 0 bridgehead atoms. The minimum absolute atomic E-state index is 0.0555. The van der Waals surface area contributed by atoms with Crippen molar-refractivity contribution in [3.8, 4) is 5.75 Å². The van der Waals surface area contributed by atoms with Crippen LogP contribution in [0.1, 0.15) is 24.1 Å². The Balaban J connectivity index is 1.18. The fourth-order valence-electron chi connectivity index (χ4n) is 4.74. The molecule has 2 N–H and O–H groups in total. The largest absolute Gasteiger partial charge is 0.486 e. The van der Waals surface area contributed by atoms with Crippen LogP contribution in [0.2, 0.25) is 5.02 Å². The number of pyridine rings is 1. The van der Waals surface area contributed by atoms with Crippen LogP contribution in [0.5, 0.6) is 5.75 Å². The van der Waals surface area contributed by atoms with Crippen LogP contribution in [-0.4, -0.2) is 46.1 Å². The highest BCUT2D eigenvalue weighted by Crippen LogP contribution is 2.32. The molecule has 2 aliphatic heterocycles. The molecule has 9 heteroatoms. The standard InChI is InChI=1S/C28H27ClN6O2/c29-23-15-20(5-7-25(23)36-16-21-3-1-2-10-31-21)34-27-22-13-19(4-6-24(22)32-18-33-27)14-26-35-28(17-37-26)8-11-30-12-9-28/h1-7,10,13,15,18,30H,8-9,11-12,14,16-17H2,(H,32,33,34). The second-order valence-corrected chi connectivity index (χ2v) is 9.81. The molecule has 1 spiro atoms. The third-order valence-corrected chi connectivity index (χ3v) is 7.05. The van der Waals surface area contributed by atoms with Gasteiger partial charge in [0.2, 0.25) is 0 Å². The van der Waals surface area contributed by atoms with E-state index in [4.69, 9.17) is 26.1 Å². The Bertz CT molecular complexity index is 1440. The van der Waals surface area contributed by atoms with Gasteiger partial charge < -0.3 is 20.1 Å². The minimum Gasteiger partial charge on any atom is -0.486 e. The maximum absolute atomic E-state index is 6.51. The first-order valence-corrected chi connectivity index (χ1v) is 12.8. The van der Waals surface area contributed by atoms with E-state index in [2.05, 4.69) is 37.7 Å². The summed E-state index contributed by atoms with van der Waals surface area (Å²) in [5.41, 5.74) is 3.54. The Hall–Kier alpha value is -3.75. The van der Waals surface area contributed by atoms with E-state index in [1.54, 1.807) is 12.5 Å². The summed E-state index contributed by atoms with van der Waals surface area (Å²) in [6.45, 7) is 3.00. The minimum atomic E-state index is -0.0555. The lowest BCUT2D eigenvalue weighted by Crippen LogP contribution is -2.41. The normalized spacial score (nSPS) is 16.4. The van der Waals surface area contributed by atoms with Gasteiger partial charge in [0.25, 0.3) is 0 Å². The van der Waals surface area contributed by atoms with E-state index in [0.29, 0.717) is 36.2 Å². The van der Waals surface area contributed by atoms with E-state index in [1.165, 1.54) is 0 Å². The zero-order chi connectivity index (χ0) is 25.1. The number of fused-ring (bicyclic) bond motifs is 1. The number of hydrogen-bond donors (Lipinski definition) is 2. The fraction of sp³-hybridized carbons (Fsp3) is 0.286. The summed E-state index contributed by atoms with van der Waals surface area (Å²) in [5.74, 6) is 2.10. The predicted octanol–water partition coefficient (Wildman–Crippen LogP) is 5.09. The number of halogens is 1. The summed E-state index contributed by atoms with van der Waals surface area (Å²) in [6.07, 6.45) is 5.98. The fourth-order valence-corrected chi connectivity index (χ4v) is 4.98. The molecule has 0 unspecified atom stereocenters. The first-order chi connectivity index (χ1) is 18.2. The molecular formula is C28H27ClN6O2. The van der Waals surface area contributed by atoms with E-state index < -0.39 is 0 Å². The van der Waals surface area contributed by atoms with Crippen molar-refractivity contribution in [2.45, 2.75) is 31.4 Å². The summed E-state index contributed by atoms with van der Waals surface area (Å²) in [7, 11) is 0. The maximum Gasteiger partial charge on any atom is 0.188 e. The molecule has 1 fully saturated rings. The molecule has 1 saturated heterocycles. The van der Waals surface area contributed by atoms with Crippen LogP contribution >= 0.6 is 11.6 Å². The average molecular weight is 515 g/mol. The van der Waals surface area contributed by atoms with Crippen LogP contribution in [0.3, 0.4) is 0 Å². The Labute approximate surface area is 220 Å². The van der Waals surface area contributed by atoms with Gasteiger partial charge in [-0.3, -0.25) is 4.98 Å². The number of benzene rings is 2. The summed E-state index contributed by atoms with van der Waals surface area (Å²) < 4.78 is 11.9. The number of anilines is 2. The maximum atomic E-state index is 6.51. The molecule has 8 nitrogen and oxygen atoms in total. The first-order valence-electron chi connectivity index (χ1n) is 12.4. The Morgan fingerprint density at radius 3 is 2.78 bits per heavy atom. The lowest BCUT2D eigenvalue weighted by atomic mass is 9.90. The van der Waals surface area contributed by atoms with E-state index in [9.17, 15) is 0 Å². The molecule has 2 aliphatic rings. The van der Waals surface area contributed by atoms with Crippen LogP contribution in [0.4, 0.5) is 11.5 Å². The molecule has 0 atom stereocenters. The van der Waals surface area contributed by atoms with Gasteiger partial charge in [-0.25, -0.2) is 15.0 Å². The molecule has 0 saturated carbocycles. The van der Waals surface area contributed by atoms with E-state index in [1.807, 2.05) is 42.5 Å². The van der Waals surface area contributed by atoms with Crippen LogP contribution in [-0.2, 0) is 17.8 Å². The van der Waals surface area contributed by atoms with Gasteiger partial charge >= 0.3 is 0 Å². The number of piperidine rings is 1. The summed E-state index contributed by atoms with van der Waals surface area (Å²) in [4.78, 5) is 18.2. The number of nitrogens with zero attached hydrogens (tertiary/aromatic N) is 4. The lowest BCUT2D eigenvalue weighted by molar-refractivity contribution is 0.213. The quantitative estimate of drug-likeness (QED) is 0.354. The van der Waals surface area contributed by atoms with Gasteiger partial charge in [0, 0.05) is 23.7 Å². The lowest BCUT2D eigenvalue weighted by Gasteiger charge is -2.28. The molecule has 6 rings (SSSR count). The summed E-state index contributed by atoms with van der Waals surface area (Å²) >= 11 is 6.51. The molecule has 2 aromatic heterocycles. The molecular weight excluding hydrogens is 488 g/mol. The van der Waals surface area contributed by atoms with E-state index >= 15 is 0 Å². The summed E-state index contributed by atoms with van der Waals surface area (Å²) in [6, 6.07) is 17.5. The molecule has 188 valence electrons. The van der Waals surface area contributed by atoms with Crippen LogP contribution in [0, 0.1) is 0 Å². The van der Waals surface area contributed by atoms with Gasteiger partial charge in [0.15, 0.2) is 5.90 Å².